The lowest BCUT2D eigenvalue weighted by molar-refractivity contribution is -0.148. The van der Waals surface area contributed by atoms with Crippen LogP contribution < -0.4 is 10.1 Å². The lowest BCUT2D eigenvalue weighted by Gasteiger charge is -2.19. The fourth-order valence-electron chi connectivity index (χ4n) is 1.84. The Labute approximate surface area is 136 Å². The van der Waals surface area contributed by atoms with Gasteiger partial charge in [0.2, 0.25) is 0 Å². The summed E-state index contributed by atoms with van der Waals surface area (Å²) in [6.07, 6.45) is -0.0950. The number of carbonyl (C=O) groups is 2. The van der Waals surface area contributed by atoms with Gasteiger partial charge in [0.15, 0.2) is 6.10 Å². The zero-order valence-electron chi connectivity index (χ0n) is 14.1. The van der Waals surface area contributed by atoms with Crippen molar-refractivity contribution < 1.29 is 24.2 Å². The van der Waals surface area contributed by atoms with Crippen molar-refractivity contribution in [3.8, 4) is 5.75 Å². The van der Waals surface area contributed by atoms with Crippen molar-refractivity contribution in [1.29, 1.82) is 0 Å². The molecule has 0 bridgehead atoms. The Morgan fingerprint density at radius 3 is 2.39 bits per heavy atom. The Morgan fingerprint density at radius 2 is 1.87 bits per heavy atom. The van der Waals surface area contributed by atoms with Gasteiger partial charge in [-0.2, -0.15) is 0 Å². The van der Waals surface area contributed by atoms with Crippen molar-refractivity contribution in [1.82, 2.24) is 5.32 Å². The molecule has 0 saturated heterocycles. The van der Waals surface area contributed by atoms with Gasteiger partial charge in [-0.15, -0.1) is 0 Å². The third-order valence-electron chi connectivity index (χ3n) is 3.60. The van der Waals surface area contributed by atoms with Crippen LogP contribution in [0.1, 0.15) is 32.8 Å². The van der Waals surface area contributed by atoms with Crippen LogP contribution in [0, 0.1) is 5.41 Å². The molecule has 1 aromatic rings. The number of methoxy groups -OCH3 is 1. The number of carbonyl (C=O) groups excluding carboxylic acids is 1. The van der Waals surface area contributed by atoms with Crippen LogP contribution in [-0.2, 0) is 20.9 Å². The molecule has 1 atom stereocenters. The Bertz CT molecular complexity index is 524. The number of ether oxygens (including phenoxy) is 2. The van der Waals surface area contributed by atoms with Gasteiger partial charge in [-0.1, -0.05) is 12.1 Å². The van der Waals surface area contributed by atoms with E-state index in [2.05, 4.69) is 10.1 Å². The molecule has 0 spiro atoms. The van der Waals surface area contributed by atoms with Crippen LogP contribution in [0.2, 0.25) is 0 Å². The van der Waals surface area contributed by atoms with Crippen LogP contribution in [0.25, 0.3) is 0 Å². The molecular formula is C17H25NO5. The minimum Gasteiger partial charge on any atom is -0.481 e. The average molecular weight is 323 g/mol. The highest BCUT2D eigenvalue weighted by Crippen LogP contribution is 2.19. The number of carboxylic acids is 1. The summed E-state index contributed by atoms with van der Waals surface area (Å²) < 4.78 is 10.1. The first-order valence-electron chi connectivity index (χ1n) is 7.54. The molecular weight excluding hydrogens is 298 g/mol. The molecule has 0 amide bonds. The molecule has 2 N–H and O–H groups in total. The van der Waals surface area contributed by atoms with Crippen LogP contribution in [-0.4, -0.2) is 36.8 Å². The fraction of sp³-hybridized carbons (Fsp3) is 0.529. The number of rotatable bonds is 9. The Hall–Kier alpha value is -2.08. The van der Waals surface area contributed by atoms with Crippen LogP contribution in [0.15, 0.2) is 24.3 Å². The SMILES string of the molecule is COC(=O)C(C)Oc1ccc(CNCCC(C)(C)C(=O)O)cc1. The molecule has 0 aliphatic rings. The maximum Gasteiger partial charge on any atom is 0.346 e. The average Bonchev–Trinajstić information content (AvgIpc) is 2.52. The van der Waals surface area contributed by atoms with Crippen LogP contribution in [0.3, 0.4) is 0 Å². The van der Waals surface area contributed by atoms with Gasteiger partial charge in [-0.05, 0) is 51.4 Å². The number of nitrogens with one attached hydrogen (secondary N) is 1. The van der Waals surface area contributed by atoms with Crippen LogP contribution >= 0.6 is 0 Å². The van der Waals surface area contributed by atoms with E-state index in [1.807, 2.05) is 12.1 Å². The highest BCUT2D eigenvalue weighted by Gasteiger charge is 2.26. The molecule has 1 aromatic carbocycles. The summed E-state index contributed by atoms with van der Waals surface area (Å²) in [5.41, 5.74) is 0.325. The van der Waals surface area contributed by atoms with Crippen LogP contribution in [0.4, 0.5) is 0 Å². The molecule has 1 unspecified atom stereocenters. The summed E-state index contributed by atoms with van der Waals surface area (Å²) >= 11 is 0. The highest BCUT2D eigenvalue weighted by atomic mass is 16.6. The molecule has 0 aliphatic carbocycles. The van der Waals surface area contributed by atoms with Crippen molar-refractivity contribution in [2.24, 2.45) is 5.41 Å². The summed E-state index contributed by atoms with van der Waals surface area (Å²) in [4.78, 5) is 22.3. The molecule has 6 nitrogen and oxygen atoms in total. The summed E-state index contributed by atoms with van der Waals surface area (Å²) in [6.45, 7) is 6.32. The first-order chi connectivity index (χ1) is 10.8. The minimum atomic E-state index is -0.791. The molecule has 0 radical (unpaired) electrons. The smallest absolute Gasteiger partial charge is 0.346 e. The standard InChI is InChI=1S/C17H25NO5/c1-12(15(19)22-4)23-14-7-5-13(6-8-14)11-18-10-9-17(2,3)16(20)21/h5-8,12,18H,9-11H2,1-4H3,(H,20,21). The zero-order chi connectivity index (χ0) is 17.5. The fourth-order valence-corrected chi connectivity index (χ4v) is 1.84. The summed E-state index contributed by atoms with van der Waals surface area (Å²) in [5, 5.41) is 12.3. The molecule has 0 saturated carbocycles. The van der Waals surface area contributed by atoms with E-state index >= 15 is 0 Å². The Morgan fingerprint density at radius 1 is 1.26 bits per heavy atom. The van der Waals surface area contributed by atoms with Crippen molar-refractivity contribution in [2.45, 2.75) is 39.8 Å². The molecule has 0 heterocycles. The van der Waals surface area contributed by atoms with E-state index in [1.165, 1.54) is 7.11 Å². The van der Waals surface area contributed by atoms with Gasteiger partial charge in [0.05, 0.1) is 12.5 Å². The monoisotopic (exact) mass is 323 g/mol. The van der Waals surface area contributed by atoms with E-state index in [0.717, 1.165) is 5.56 Å². The van der Waals surface area contributed by atoms with Crippen molar-refractivity contribution in [3.63, 3.8) is 0 Å². The van der Waals surface area contributed by atoms with Crippen LogP contribution in [0.5, 0.6) is 5.75 Å². The third kappa shape index (κ3) is 6.28. The molecule has 1 rings (SSSR count). The maximum absolute atomic E-state index is 11.3. The van der Waals surface area contributed by atoms with Gasteiger partial charge >= 0.3 is 11.9 Å². The summed E-state index contributed by atoms with van der Waals surface area (Å²) in [5.74, 6) is -0.615. The second kappa shape index (κ2) is 8.53. The predicted octanol–water partition coefficient (Wildman–Crippen LogP) is 2.22. The van der Waals surface area contributed by atoms with Gasteiger partial charge in [0, 0.05) is 6.54 Å². The number of hydrogen-bond acceptors (Lipinski definition) is 5. The van der Waals surface area contributed by atoms with Gasteiger partial charge < -0.3 is 19.9 Å². The second-order valence-electron chi connectivity index (χ2n) is 6.04. The van der Waals surface area contributed by atoms with Gasteiger partial charge in [0.25, 0.3) is 0 Å². The van der Waals surface area contributed by atoms with E-state index in [9.17, 15) is 9.59 Å². The molecule has 6 heteroatoms. The first-order valence-corrected chi connectivity index (χ1v) is 7.54. The normalized spacial score (nSPS) is 12.5. The lowest BCUT2D eigenvalue weighted by atomic mass is 9.90. The second-order valence-corrected chi connectivity index (χ2v) is 6.04. The number of benzene rings is 1. The summed E-state index contributed by atoms with van der Waals surface area (Å²) in [6, 6.07) is 7.37. The van der Waals surface area contributed by atoms with Crippen molar-refractivity contribution in [3.05, 3.63) is 29.8 Å². The van der Waals surface area contributed by atoms with Gasteiger partial charge in [-0.25, -0.2) is 4.79 Å². The number of hydrogen-bond donors (Lipinski definition) is 2. The van der Waals surface area contributed by atoms with Gasteiger partial charge in [0.1, 0.15) is 5.75 Å². The number of esters is 1. The Kier molecular flexibility index (Phi) is 7.03. The molecule has 0 fully saturated rings. The maximum atomic E-state index is 11.3. The largest absolute Gasteiger partial charge is 0.481 e. The van der Waals surface area contributed by atoms with Crippen molar-refractivity contribution >= 4 is 11.9 Å². The zero-order valence-corrected chi connectivity index (χ0v) is 14.1. The lowest BCUT2D eigenvalue weighted by Crippen LogP contribution is -2.28. The molecule has 23 heavy (non-hydrogen) atoms. The van der Waals surface area contributed by atoms with E-state index in [1.54, 1.807) is 32.9 Å². The highest BCUT2D eigenvalue weighted by molar-refractivity contribution is 5.74. The van der Waals surface area contributed by atoms with E-state index in [4.69, 9.17) is 9.84 Å². The molecule has 0 aromatic heterocycles. The first kappa shape index (κ1) is 19.0. The van der Waals surface area contributed by atoms with E-state index in [0.29, 0.717) is 25.3 Å². The topological polar surface area (TPSA) is 84.9 Å². The summed E-state index contributed by atoms with van der Waals surface area (Å²) in [7, 11) is 1.32. The van der Waals surface area contributed by atoms with Gasteiger partial charge in [-0.3, -0.25) is 4.79 Å². The molecule has 0 aliphatic heterocycles. The quantitative estimate of drug-likeness (QED) is 0.535. The molecule has 128 valence electrons. The number of aliphatic carboxylic acids is 1. The van der Waals surface area contributed by atoms with E-state index in [-0.39, 0.29) is 0 Å². The Balaban J connectivity index is 2.40. The number of carboxylic acid groups (broad SMARTS) is 1. The predicted molar refractivity (Wildman–Crippen MR) is 86.3 cm³/mol. The van der Waals surface area contributed by atoms with E-state index < -0.39 is 23.5 Å². The van der Waals surface area contributed by atoms with Crippen molar-refractivity contribution in [2.75, 3.05) is 13.7 Å². The minimum absolute atomic E-state index is 0.420. The third-order valence-corrected chi connectivity index (χ3v) is 3.60.